The van der Waals surface area contributed by atoms with Gasteiger partial charge in [-0.3, -0.25) is 14.4 Å². The molecule has 1 aliphatic rings. The molecule has 1 aromatic carbocycles. The maximum Gasteiger partial charge on any atom is 0.311 e. The number of carbonyl (C=O) groups is 3. The number of carbonyl (C=O) groups excluding carboxylic acids is 3. The average Bonchev–Trinajstić information content (AvgIpc) is 2.88. The molecule has 1 fully saturated rings. The normalized spacial score (nSPS) is 17.6. The molecule has 1 N–H and O–H groups in total. The lowest BCUT2D eigenvalue weighted by Crippen LogP contribution is -2.43. The van der Waals surface area contributed by atoms with E-state index in [0.29, 0.717) is 0 Å². The lowest BCUT2D eigenvalue weighted by atomic mass is 10.1. The lowest BCUT2D eigenvalue weighted by Gasteiger charge is -2.21. The number of nitrogens with zero attached hydrogens (tertiary/aromatic N) is 1. The van der Waals surface area contributed by atoms with Crippen LogP contribution in [0.1, 0.15) is 38.3 Å². The Balaban J connectivity index is 1.97. The van der Waals surface area contributed by atoms with Crippen LogP contribution < -0.4 is 10.2 Å². The molecule has 2 rings (SSSR count). The van der Waals surface area contributed by atoms with Crippen LogP contribution in [0.5, 0.6) is 0 Å². The van der Waals surface area contributed by atoms with Crippen LogP contribution in [0.15, 0.2) is 18.2 Å². The molecule has 0 spiro atoms. The van der Waals surface area contributed by atoms with E-state index in [1.807, 2.05) is 52.8 Å². The zero-order valence-electron chi connectivity index (χ0n) is 15.5. The number of benzene rings is 1. The van der Waals surface area contributed by atoms with Crippen molar-refractivity contribution in [3.8, 4) is 0 Å². The van der Waals surface area contributed by atoms with E-state index in [0.717, 1.165) is 16.8 Å². The largest absolute Gasteiger partial charge is 0.455 e. The first-order valence-corrected chi connectivity index (χ1v) is 8.42. The Kier molecular flexibility index (Phi) is 5.50. The number of hydrogen-bond donors (Lipinski definition) is 1. The molecule has 1 aromatic rings. The number of nitrogens with one attached hydrogen (secondary N) is 1. The number of amides is 2. The van der Waals surface area contributed by atoms with Gasteiger partial charge in [0.15, 0.2) is 6.61 Å². The lowest BCUT2D eigenvalue weighted by molar-refractivity contribution is -0.152. The first-order chi connectivity index (χ1) is 11.6. The Bertz CT molecular complexity index is 691. The summed E-state index contributed by atoms with van der Waals surface area (Å²) in [4.78, 5) is 37.9. The second-order valence-corrected chi connectivity index (χ2v) is 7.53. The molecule has 2 amide bonds. The number of rotatable bonds is 4. The van der Waals surface area contributed by atoms with E-state index in [9.17, 15) is 14.4 Å². The maximum atomic E-state index is 12.3. The van der Waals surface area contributed by atoms with Gasteiger partial charge in [-0.1, -0.05) is 12.1 Å². The molecule has 0 saturated carbocycles. The van der Waals surface area contributed by atoms with Crippen LogP contribution in [-0.4, -0.2) is 36.5 Å². The van der Waals surface area contributed by atoms with Gasteiger partial charge in [-0.2, -0.15) is 0 Å². The molecule has 1 atom stereocenters. The van der Waals surface area contributed by atoms with Crippen molar-refractivity contribution >= 4 is 23.5 Å². The van der Waals surface area contributed by atoms with Gasteiger partial charge in [0.2, 0.25) is 5.91 Å². The number of aryl methyl sites for hydroxylation is 1. The van der Waals surface area contributed by atoms with Gasteiger partial charge >= 0.3 is 5.97 Å². The van der Waals surface area contributed by atoms with Crippen molar-refractivity contribution < 1.29 is 19.1 Å². The molecule has 1 saturated heterocycles. The summed E-state index contributed by atoms with van der Waals surface area (Å²) in [5.41, 5.74) is 2.56. The van der Waals surface area contributed by atoms with Crippen LogP contribution in [0.3, 0.4) is 0 Å². The summed E-state index contributed by atoms with van der Waals surface area (Å²) >= 11 is 0. The Hall–Kier alpha value is -2.37. The van der Waals surface area contributed by atoms with Gasteiger partial charge in [-0.15, -0.1) is 0 Å². The fourth-order valence-electron chi connectivity index (χ4n) is 2.84. The fourth-order valence-corrected chi connectivity index (χ4v) is 2.84. The minimum atomic E-state index is -0.546. The minimum absolute atomic E-state index is 0.102. The van der Waals surface area contributed by atoms with Crippen LogP contribution in [0.2, 0.25) is 0 Å². The molecule has 0 unspecified atom stereocenters. The highest BCUT2D eigenvalue weighted by atomic mass is 16.5. The van der Waals surface area contributed by atoms with Crippen molar-refractivity contribution in [2.24, 2.45) is 5.92 Å². The standard InChI is InChI=1S/C19H26N2O4/c1-12-7-6-8-15(13(12)2)21-10-14(9-17(21)23)18(24)25-11-16(22)20-19(3,4)5/h6-8,14H,9-11H2,1-5H3,(H,20,22)/t14-/m1/s1. The highest BCUT2D eigenvalue weighted by Gasteiger charge is 2.37. The van der Waals surface area contributed by atoms with Crippen molar-refractivity contribution in [2.45, 2.75) is 46.6 Å². The SMILES string of the molecule is Cc1cccc(N2C[C@H](C(=O)OCC(=O)NC(C)(C)C)CC2=O)c1C. The molecule has 6 nitrogen and oxygen atoms in total. The van der Waals surface area contributed by atoms with Crippen molar-refractivity contribution in [2.75, 3.05) is 18.1 Å². The van der Waals surface area contributed by atoms with Gasteiger partial charge < -0.3 is 15.0 Å². The van der Waals surface area contributed by atoms with E-state index >= 15 is 0 Å². The highest BCUT2D eigenvalue weighted by molar-refractivity contribution is 6.00. The van der Waals surface area contributed by atoms with Crippen molar-refractivity contribution in [1.82, 2.24) is 5.32 Å². The van der Waals surface area contributed by atoms with Gasteiger partial charge in [0.05, 0.1) is 5.92 Å². The van der Waals surface area contributed by atoms with Crippen molar-refractivity contribution in [3.63, 3.8) is 0 Å². The molecule has 136 valence electrons. The number of anilines is 1. The molecule has 0 bridgehead atoms. The van der Waals surface area contributed by atoms with Crippen LogP contribution >= 0.6 is 0 Å². The molecule has 1 aliphatic heterocycles. The summed E-state index contributed by atoms with van der Waals surface area (Å²) in [6.07, 6.45) is 0.104. The smallest absolute Gasteiger partial charge is 0.311 e. The number of esters is 1. The van der Waals surface area contributed by atoms with Gasteiger partial charge in [0.25, 0.3) is 5.91 Å². The van der Waals surface area contributed by atoms with E-state index in [1.54, 1.807) is 4.90 Å². The van der Waals surface area contributed by atoms with E-state index in [1.165, 1.54) is 0 Å². The summed E-state index contributed by atoms with van der Waals surface area (Å²) in [7, 11) is 0. The summed E-state index contributed by atoms with van der Waals surface area (Å²) < 4.78 is 5.09. The zero-order valence-corrected chi connectivity index (χ0v) is 15.5. The van der Waals surface area contributed by atoms with Crippen LogP contribution in [0.4, 0.5) is 5.69 Å². The highest BCUT2D eigenvalue weighted by Crippen LogP contribution is 2.29. The molecule has 25 heavy (non-hydrogen) atoms. The predicted octanol–water partition coefficient (Wildman–Crippen LogP) is 2.11. The summed E-state index contributed by atoms with van der Waals surface area (Å²) in [6, 6.07) is 5.76. The molecule has 0 aromatic heterocycles. The second kappa shape index (κ2) is 7.25. The van der Waals surface area contributed by atoms with Gasteiger partial charge in [0.1, 0.15) is 0 Å². The molecule has 0 radical (unpaired) electrons. The Morgan fingerprint density at radius 2 is 1.96 bits per heavy atom. The third kappa shape index (κ3) is 4.81. The number of hydrogen-bond acceptors (Lipinski definition) is 4. The Labute approximate surface area is 148 Å². The molecule has 6 heteroatoms. The topological polar surface area (TPSA) is 75.7 Å². The van der Waals surface area contributed by atoms with Crippen molar-refractivity contribution in [3.05, 3.63) is 29.3 Å². The summed E-state index contributed by atoms with van der Waals surface area (Å²) in [5, 5.41) is 2.73. The minimum Gasteiger partial charge on any atom is -0.455 e. The van der Waals surface area contributed by atoms with E-state index in [-0.39, 0.29) is 36.9 Å². The third-order valence-electron chi connectivity index (χ3n) is 4.19. The molecular weight excluding hydrogens is 320 g/mol. The zero-order chi connectivity index (χ0) is 18.8. The fraction of sp³-hybridized carbons (Fsp3) is 0.526. The van der Waals surface area contributed by atoms with E-state index in [2.05, 4.69) is 5.32 Å². The van der Waals surface area contributed by atoms with Crippen LogP contribution in [-0.2, 0) is 19.1 Å². The van der Waals surface area contributed by atoms with E-state index < -0.39 is 11.9 Å². The first-order valence-electron chi connectivity index (χ1n) is 8.42. The van der Waals surface area contributed by atoms with Gasteiger partial charge in [0, 0.05) is 24.2 Å². The average molecular weight is 346 g/mol. The Morgan fingerprint density at radius 1 is 1.28 bits per heavy atom. The monoisotopic (exact) mass is 346 g/mol. The predicted molar refractivity (Wildman–Crippen MR) is 95.2 cm³/mol. The maximum absolute atomic E-state index is 12.3. The molecule has 0 aliphatic carbocycles. The first kappa shape index (κ1) is 19.0. The second-order valence-electron chi connectivity index (χ2n) is 7.53. The molecule has 1 heterocycles. The summed E-state index contributed by atoms with van der Waals surface area (Å²) in [5.74, 6) is -1.51. The van der Waals surface area contributed by atoms with Gasteiger partial charge in [-0.25, -0.2) is 0 Å². The molecular formula is C19H26N2O4. The van der Waals surface area contributed by atoms with Gasteiger partial charge in [-0.05, 0) is 51.8 Å². The third-order valence-corrected chi connectivity index (χ3v) is 4.19. The summed E-state index contributed by atoms with van der Waals surface area (Å²) in [6.45, 7) is 9.45. The quantitative estimate of drug-likeness (QED) is 0.847. The van der Waals surface area contributed by atoms with Crippen LogP contribution in [0, 0.1) is 19.8 Å². The van der Waals surface area contributed by atoms with E-state index in [4.69, 9.17) is 4.74 Å². The van der Waals surface area contributed by atoms with Crippen molar-refractivity contribution in [1.29, 1.82) is 0 Å². The number of ether oxygens (including phenoxy) is 1. The Morgan fingerprint density at radius 3 is 2.60 bits per heavy atom. The van der Waals surface area contributed by atoms with Crippen LogP contribution in [0.25, 0.3) is 0 Å².